The SMILES string of the molecule is CNC(=O)c1c(-c2ccc(F)cc2)oc2cc(N(C)S(C)=O)c(C3CCCN(C(=O)c4nc5ccc(F)cc5[nH]4)C3)cc12. The number of hydrogen-bond acceptors (Lipinski definition) is 5. The fourth-order valence-electron chi connectivity index (χ4n) is 5.69. The Morgan fingerprint density at radius 1 is 1.12 bits per heavy atom. The number of H-pyrrole nitrogens is 1. The van der Waals surface area contributed by atoms with E-state index in [-0.39, 0.29) is 23.6 Å². The van der Waals surface area contributed by atoms with Gasteiger partial charge in [0.15, 0.2) is 5.82 Å². The highest BCUT2D eigenvalue weighted by atomic mass is 32.2. The number of imidazole rings is 1. The Kier molecular flexibility index (Phi) is 7.47. The monoisotopic (exact) mass is 605 g/mol. The lowest BCUT2D eigenvalue weighted by molar-refractivity contribution is 0.0696. The molecule has 2 N–H and O–H groups in total. The van der Waals surface area contributed by atoms with Gasteiger partial charge >= 0.3 is 0 Å². The second-order valence-corrected chi connectivity index (χ2v) is 12.0. The Morgan fingerprint density at radius 2 is 1.86 bits per heavy atom. The largest absolute Gasteiger partial charge is 0.455 e. The van der Waals surface area contributed by atoms with E-state index in [2.05, 4.69) is 15.3 Å². The van der Waals surface area contributed by atoms with Gasteiger partial charge in [0.2, 0.25) is 0 Å². The maximum Gasteiger partial charge on any atom is 0.289 e. The molecule has 5 aromatic rings. The topological polar surface area (TPSA) is 112 Å². The molecule has 0 saturated carbocycles. The lowest BCUT2D eigenvalue weighted by atomic mass is 9.88. The van der Waals surface area contributed by atoms with Crippen LogP contribution in [0.1, 0.15) is 45.3 Å². The van der Waals surface area contributed by atoms with Crippen molar-refractivity contribution in [2.24, 2.45) is 0 Å². The van der Waals surface area contributed by atoms with Crippen molar-refractivity contribution in [1.29, 1.82) is 0 Å². The molecule has 3 heterocycles. The van der Waals surface area contributed by atoms with Gasteiger partial charge in [-0.15, -0.1) is 0 Å². The summed E-state index contributed by atoms with van der Waals surface area (Å²) >= 11 is 0. The number of carbonyl (C=O) groups is 2. The molecule has 1 aliphatic rings. The Labute approximate surface area is 248 Å². The number of likely N-dealkylation sites (tertiary alicyclic amines) is 1. The standard InChI is InChI=1S/C31H29F2N5O4S/c1-34-30(39)27-22-14-21(25(37(2)43(3)41)15-26(22)42-28(27)17-6-8-19(32)9-7-17)18-5-4-12-38(16-18)31(40)29-35-23-11-10-20(33)13-24(23)36-29/h6-11,13-15,18H,4-5,12,16H2,1-3H3,(H,34,39)(H,35,36). The first-order chi connectivity index (χ1) is 20.6. The second-order valence-electron chi connectivity index (χ2n) is 10.6. The highest BCUT2D eigenvalue weighted by molar-refractivity contribution is 7.85. The molecule has 0 radical (unpaired) electrons. The average Bonchev–Trinajstić information content (AvgIpc) is 3.60. The van der Waals surface area contributed by atoms with Gasteiger partial charge in [0.05, 0.1) is 22.3 Å². The van der Waals surface area contributed by atoms with E-state index in [9.17, 15) is 22.6 Å². The van der Waals surface area contributed by atoms with Crippen molar-refractivity contribution in [2.45, 2.75) is 18.8 Å². The normalized spacial score (nSPS) is 16.0. The van der Waals surface area contributed by atoms with E-state index >= 15 is 0 Å². The number of piperidine rings is 1. The van der Waals surface area contributed by atoms with Crippen LogP contribution in [0.4, 0.5) is 14.5 Å². The molecule has 1 aliphatic heterocycles. The van der Waals surface area contributed by atoms with E-state index in [1.165, 1.54) is 37.4 Å². The van der Waals surface area contributed by atoms with Gasteiger partial charge in [-0.2, -0.15) is 0 Å². The number of nitrogens with one attached hydrogen (secondary N) is 2. The molecule has 0 bridgehead atoms. The van der Waals surface area contributed by atoms with E-state index in [0.29, 0.717) is 64.1 Å². The van der Waals surface area contributed by atoms with Crippen LogP contribution in [0, 0.1) is 11.6 Å². The van der Waals surface area contributed by atoms with Crippen molar-refractivity contribution in [1.82, 2.24) is 20.2 Å². The molecule has 6 rings (SSSR count). The lowest BCUT2D eigenvalue weighted by Gasteiger charge is -2.34. The van der Waals surface area contributed by atoms with Gasteiger partial charge in [-0.3, -0.25) is 13.9 Å². The van der Waals surface area contributed by atoms with Crippen LogP contribution in [0.25, 0.3) is 33.3 Å². The zero-order valence-corrected chi connectivity index (χ0v) is 24.6. The highest BCUT2D eigenvalue weighted by Gasteiger charge is 2.31. The summed E-state index contributed by atoms with van der Waals surface area (Å²) in [7, 11) is 1.86. The van der Waals surface area contributed by atoms with Crippen molar-refractivity contribution >= 4 is 50.5 Å². The predicted octanol–water partition coefficient (Wildman–Crippen LogP) is 5.36. The van der Waals surface area contributed by atoms with Crippen molar-refractivity contribution in [3.05, 3.63) is 83.2 Å². The lowest BCUT2D eigenvalue weighted by Crippen LogP contribution is -2.40. The number of benzene rings is 3. The molecule has 2 aromatic heterocycles. The van der Waals surface area contributed by atoms with Crippen molar-refractivity contribution in [2.75, 3.05) is 37.7 Å². The number of aromatic nitrogens is 2. The molecule has 222 valence electrons. The van der Waals surface area contributed by atoms with Crippen LogP contribution in [0.5, 0.6) is 0 Å². The third-order valence-electron chi connectivity index (χ3n) is 7.92. The number of carbonyl (C=O) groups excluding carboxylic acids is 2. The third-order valence-corrected chi connectivity index (χ3v) is 8.89. The van der Waals surface area contributed by atoms with Crippen molar-refractivity contribution < 1.29 is 27.0 Å². The van der Waals surface area contributed by atoms with Gasteiger partial charge in [0.1, 0.15) is 34.0 Å². The minimum absolute atomic E-state index is 0.129. The molecular formula is C31H29F2N5O4S. The molecule has 12 heteroatoms. The number of nitrogens with zero attached hydrogens (tertiary/aromatic N) is 3. The number of rotatable bonds is 6. The number of furan rings is 1. The minimum Gasteiger partial charge on any atom is -0.455 e. The van der Waals surface area contributed by atoms with Crippen LogP contribution in [0.2, 0.25) is 0 Å². The van der Waals surface area contributed by atoms with Crippen LogP contribution < -0.4 is 9.62 Å². The zero-order chi connectivity index (χ0) is 30.4. The highest BCUT2D eigenvalue weighted by Crippen LogP contribution is 2.41. The molecule has 1 saturated heterocycles. The number of halogens is 2. The molecule has 2 amide bonds. The molecule has 3 aromatic carbocycles. The molecule has 2 atom stereocenters. The molecule has 9 nitrogen and oxygen atoms in total. The number of fused-ring (bicyclic) bond motifs is 2. The first-order valence-electron chi connectivity index (χ1n) is 13.7. The summed E-state index contributed by atoms with van der Waals surface area (Å²) in [4.78, 5) is 35.7. The Balaban J connectivity index is 1.43. The molecule has 0 aliphatic carbocycles. The van der Waals surface area contributed by atoms with Crippen LogP contribution >= 0.6 is 0 Å². The summed E-state index contributed by atoms with van der Waals surface area (Å²) in [6.45, 7) is 0.864. The summed E-state index contributed by atoms with van der Waals surface area (Å²) in [5.74, 6) is -1.25. The van der Waals surface area contributed by atoms with E-state index in [1.54, 1.807) is 40.7 Å². The Hall–Kier alpha value is -4.58. The van der Waals surface area contributed by atoms with E-state index < -0.39 is 22.6 Å². The molecule has 43 heavy (non-hydrogen) atoms. The third kappa shape index (κ3) is 5.27. The minimum atomic E-state index is -1.38. The van der Waals surface area contributed by atoms with Crippen LogP contribution in [-0.2, 0) is 11.0 Å². The average molecular weight is 606 g/mol. The first kappa shape index (κ1) is 28.5. The predicted molar refractivity (Wildman–Crippen MR) is 161 cm³/mol. The molecule has 2 unspecified atom stereocenters. The fourth-order valence-corrected chi connectivity index (χ4v) is 6.13. The smallest absolute Gasteiger partial charge is 0.289 e. The second kappa shape index (κ2) is 11.3. The number of hydrogen-bond donors (Lipinski definition) is 2. The Morgan fingerprint density at radius 3 is 2.58 bits per heavy atom. The van der Waals surface area contributed by atoms with E-state index in [0.717, 1.165) is 12.0 Å². The fraction of sp³-hybridized carbons (Fsp3) is 0.258. The first-order valence-corrected chi connectivity index (χ1v) is 15.3. The van der Waals surface area contributed by atoms with Gasteiger partial charge in [-0.05, 0) is 66.9 Å². The summed E-state index contributed by atoms with van der Waals surface area (Å²) in [6, 6.07) is 13.4. The molecule has 0 spiro atoms. The summed E-state index contributed by atoms with van der Waals surface area (Å²) in [5, 5.41) is 3.22. The number of aromatic amines is 1. The van der Waals surface area contributed by atoms with Gasteiger partial charge < -0.3 is 19.6 Å². The van der Waals surface area contributed by atoms with Gasteiger partial charge in [0, 0.05) is 56.4 Å². The van der Waals surface area contributed by atoms with Gasteiger partial charge in [-0.1, -0.05) is 0 Å². The maximum atomic E-state index is 13.7. The van der Waals surface area contributed by atoms with Gasteiger partial charge in [0.25, 0.3) is 11.8 Å². The quantitative estimate of drug-likeness (QED) is 0.271. The maximum absolute atomic E-state index is 13.7. The van der Waals surface area contributed by atoms with Crippen molar-refractivity contribution in [3.63, 3.8) is 0 Å². The van der Waals surface area contributed by atoms with Crippen molar-refractivity contribution in [3.8, 4) is 11.3 Å². The Bertz CT molecular complexity index is 1900. The number of amides is 2. The van der Waals surface area contributed by atoms with E-state index in [4.69, 9.17) is 4.42 Å². The van der Waals surface area contributed by atoms with Crippen LogP contribution in [0.3, 0.4) is 0 Å². The zero-order valence-electron chi connectivity index (χ0n) is 23.7. The molecule has 1 fully saturated rings. The summed E-state index contributed by atoms with van der Waals surface area (Å²) < 4.78 is 47.9. The summed E-state index contributed by atoms with van der Waals surface area (Å²) in [5.41, 5.74) is 3.64. The van der Waals surface area contributed by atoms with E-state index in [1.807, 2.05) is 6.07 Å². The van der Waals surface area contributed by atoms with Crippen LogP contribution in [-0.4, -0.2) is 64.3 Å². The molecular weight excluding hydrogens is 576 g/mol. The van der Waals surface area contributed by atoms with Crippen LogP contribution in [0.15, 0.2) is 59.0 Å². The van der Waals surface area contributed by atoms with Gasteiger partial charge in [-0.25, -0.2) is 18.0 Å². The summed E-state index contributed by atoms with van der Waals surface area (Å²) in [6.07, 6.45) is 3.02. The number of anilines is 1.